The minimum Gasteiger partial charge on any atom is -0.459 e. The molecule has 1 aromatic heterocycles. The Labute approximate surface area is 288 Å². The van der Waals surface area contributed by atoms with Gasteiger partial charge in [0.1, 0.15) is 18.1 Å². The third kappa shape index (κ3) is 4.93. The van der Waals surface area contributed by atoms with Crippen LogP contribution in [0.5, 0.6) is 0 Å². The van der Waals surface area contributed by atoms with Gasteiger partial charge in [-0.2, -0.15) is 13.2 Å². The molecule has 0 radical (unpaired) electrons. The first-order valence-electron chi connectivity index (χ1n) is 18.4. The average molecular weight is 680 g/mol. The van der Waals surface area contributed by atoms with Crippen molar-refractivity contribution >= 4 is 11.8 Å². The molecule has 4 fully saturated rings. The van der Waals surface area contributed by atoms with Crippen molar-refractivity contribution in [2.75, 3.05) is 0 Å². The number of halogens is 3. The number of carbonyl (C=O) groups excluding carboxylic acids is 2. The van der Waals surface area contributed by atoms with E-state index in [-0.39, 0.29) is 40.2 Å². The lowest BCUT2D eigenvalue weighted by molar-refractivity contribution is -0.193. The molecule has 9 atom stereocenters. The van der Waals surface area contributed by atoms with Gasteiger partial charge in [-0.3, -0.25) is 9.59 Å². The lowest BCUT2D eigenvalue weighted by Crippen LogP contribution is -2.65. The van der Waals surface area contributed by atoms with Crippen molar-refractivity contribution in [3.05, 3.63) is 53.4 Å². The summed E-state index contributed by atoms with van der Waals surface area (Å²) in [5.74, 6) is 2.04. The molecule has 0 aliphatic heterocycles. The molecule has 0 saturated heterocycles. The third-order valence-electron chi connectivity index (χ3n) is 15.5. The van der Waals surface area contributed by atoms with Crippen LogP contribution >= 0.6 is 0 Å². The number of esters is 1. The van der Waals surface area contributed by atoms with E-state index in [9.17, 15) is 22.8 Å². The Morgan fingerprint density at radius 3 is 2.37 bits per heavy atom. The van der Waals surface area contributed by atoms with Crippen LogP contribution in [-0.2, 0) is 27.1 Å². The molecular formula is C40H52F3N3O3. The number of rotatable bonds is 4. The quantitative estimate of drug-likeness (QED) is 0.238. The maximum Gasteiger partial charge on any atom is 0.416 e. The predicted octanol–water partition coefficient (Wildman–Crippen LogP) is 9.56. The fraction of sp³-hybridized carbons (Fsp3) is 0.700. The highest BCUT2D eigenvalue weighted by atomic mass is 19.4. The first-order chi connectivity index (χ1) is 22.9. The van der Waals surface area contributed by atoms with Crippen LogP contribution in [0.4, 0.5) is 13.2 Å². The summed E-state index contributed by atoms with van der Waals surface area (Å²) in [5.41, 5.74) is 0.872. The molecule has 0 spiro atoms. The molecule has 0 amide bonds. The monoisotopic (exact) mass is 679 g/mol. The van der Waals surface area contributed by atoms with Crippen molar-refractivity contribution in [3.8, 4) is 5.69 Å². The summed E-state index contributed by atoms with van der Waals surface area (Å²) in [4.78, 5) is 27.5. The van der Waals surface area contributed by atoms with Crippen LogP contribution in [0.15, 0.2) is 42.1 Å². The highest BCUT2D eigenvalue weighted by Gasteiger charge is 2.69. The number of Topliss-reactive ketones (excluding diaryl/α,β-unsaturated/α-hetero) is 1. The minimum atomic E-state index is -4.42. The van der Waals surface area contributed by atoms with Crippen molar-refractivity contribution in [3.63, 3.8) is 0 Å². The second-order valence-electron chi connectivity index (χ2n) is 17.7. The first-order valence-corrected chi connectivity index (χ1v) is 18.4. The molecule has 49 heavy (non-hydrogen) atoms. The smallest absolute Gasteiger partial charge is 0.416 e. The van der Waals surface area contributed by atoms with Crippen LogP contribution in [0, 0.1) is 56.7 Å². The van der Waals surface area contributed by atoms with Crippen LogP contribution in [0.3, 0.4) is 0 Å². The van der Waals surface area contributed by atoms with Crippen molar-refractivity contribution in [1.29, 1.82) is 0 Å². The Bertz CT molecular complexity index is 1680. The van der Waals surface area contributed by atoms with E-state index in [2.05, 4.69) is 64.9 Å². The summed E-state index contributed by atoms with van der Waals surface area (Å²) in [6.07, 6.45) is 8.03. The number of allylic oxidation sites excluding steroid dienone is 2. The molecule has 5 aliphatic rings. The number of aromatic nitrogens is 3. The molecule has 266 valence electrons. The number of fused-ring (bicyclic) bond motifs is 7. The summed E-state index contributed by atoms with van der Waals surface area (Å²) < 4.78 is 46.7. The van der Waals surface area contributed by atoms with Crippen molar-refractivity contribution < 1.29 is 27.5 Å². The lowest BCUT2D eigenvalue weighted by atomic mass is 9.33. The van der Waals surface area contributed by atoms with Crippen molar-refractivity contribution in [1.82, 2.24) is 15.0 Å². The number of hydrogen-bond acceptors (Lipinski definition) is 5. The predicted molar refractivity (Wildman–Crippen MR) is 180 cm³/mol. The summed E-state index contributed by atoms with van der Waals surface area (Å²) >= 11 is 0. The Kier molecular flexibility index (Phi) is 7.93. The molecule has 0 unspecified atom stereocenters. The van der Waals surface area contributed by atoms with E-state index < -0.39 is 17.2 Å². The Morgan fingerprint density at radius 2 is 1.67 bits per heavy atom. The summed E-state index contributed by atoms with van der Waals surface area (Å²) in [6.45, 7) is 16.5. The maximum absolute atomic E-state index is 14.4. The fourth-order valence-electron chi connectivity index (χ4n) is 12.2. The highest BCUT2D eigenvalue weighted by Crippen LogP contribution is 2.75. The van der Waals surface area contributed by atoms with Crippen molar-refractivity contribution in [2.45, 2.75) is 119 Å². The zero-order valence-electron chi connectivity index (χ0n) is 30.1. The van der Waals surface area contributed by atoms with E-state index in [4.69, 9.17) is 4.74 Å². The van der Waals surface area contributed by atoms with E-state index >= 15 is 0 Å². The maximum atomic E-state index is 14.4. The molecule has 9 heteroatoms. The van der Waals surface area contributed by atoms with Gasteiger partial charge in [0.25, 0.3) is 0 Å². The van der Waals surface area contributed by atoms with Gasteiger partial charge in [-0.05, 0) is 121 Å². The third-order valence-corrected chi connectivity index (χ3v) is 15.5. The van der Waals surface area contributed by atoms with Crippen LogP contribution in [0.1, 0.15) is 118 Å². The number of benzene rings is 1. The van der Waals surface area contributed by atoms with Gasteiger partial charge in [0.2, 0.25) is 0 Å². The molecular weight excluding hydrogens is 627 g/mol. The molecule has 4 saturated carbocycles. The topological polar surface area (TPSA) is 74.1 Å². The largest absolute Gasteiger partial charge is 0.459 e. The standard InChI is InChI=1S/C40H52F3N3O3/c1-24-14-19-39(34(48)49-23-27-22-46(45-44-27)28-10-8-26(9-11-28)40(41,42)43)21-20-37(6)29(33(39)25(24)2)12-13-31-36(5)17-16-32(47)35(3,4)30(36)15-18-38(31,37)7/h8-12,22,24-25,30-31,33H,13-21,23H2,1-7H3/t24-,25+,30+,31-,33+,36+,37-,38-,39+/m1/s1. The van der Waals surface area contributed by atoms with Gasteiger partial charge in [0.05, 0.1) is 22.9 Å². The molecule has 0 N–H and O–H groups in total. The molecule has 7 rings (SSSR count). The van der Waals surface area contributed by atoms with Crippen molar-refractivity contribution in [2.24, 2.45) is 56.7 Å². The fourth-order valence-corrected chi connectivity index (χ4v) is 12.2. The molecule has 1 heterocycles. The van der Waals surface area contributed by atoms with E-state index in [0.29, 0.717) is 47.3 Å². The number of ether oxygens (including phenoxy) is 1. The zero-order valence-corrected chi connectivity index (χ0v) is 30.1. The summed E-state index contributed by atoms with van der Waals surface area (Å²) in [5, 5.41) is 8.27. The van der Waals surface area contributed by atoms with Gasteiger partial charge in [0, 0.05) is 11.8 Å². The van der Waals surface area contributed by atoms with Gasteiger partial charge < -0.3 is 4.74 Å². The second-order valence-corrected chi connectivity index (χ2v) is 17.7. The van der Waals surface area contributed by atoms with E-state index in [1.165, 1.54) is 22.4 Å². The number of ketones is 1. The molecule has 1 aromatic carbocycles. The number of hydrogen-bond donors (Lipinski definition) is 0. The summed E-state index contributed by atoms with van der Waals surface area (Å²) in [6, 6.07) is 4.74. The molecule has 2 aromatic rings. The lowest BCUT2D eigenvalue weighted by Gasteiger charge is -2.70. The number of alkyl halides is 3. The minimum absolute atomic E-state index is 0.0395. The van der Waals surface area contributed by atoms with Gasteiger partial charge in [-0.15, -0.1) is 5.10 Å². The van der Waals surface area contributed by atoms with Gasteiger partial charge in [-0.1, -0.05) is 65.3 Å². The van der Waals surface area contributed by atoms with E-state index in [1.807, 2.05) is 0 Å². The Balaban J connectivity index is 1.15. The second kappa shape index (κ2) is 11.3. The number of carbonyl (C=O) groups is 2. The molecule has 6 nitrogen and oxygen atoms in total. The highest BCUT2D eigenvalue weighted by molar-refractivity contribution is 5.85. The van der Waals surface area contributed by atoms with Crippen LogP contribution in [0.25, 0.3) is 5.69 Å². The first kappa shape index (κ1) is 34.5. The summed E-state index contributed by atoms with van der Waals surface area (Å²) in [7, 11) is 0. The zero-order chi connectivity index (χ0) is 35.4. The molecule has 5 aliphatic carbocycles. The SMILES string of the molecule is C[C@H]1[C@H](C)CC[C@]2(C(=O)OCc3cn(-c4ccc(C(F)(F)F)cc4)nn3)CC[C@]3(C)C(=CC[C@@H]4[C@@]5(C)CCC(=O)C(C)(C)[C@@H]5CC[C@]43C)[C@H]12. The van der Waals surface area contributed by atoms with Gasteiger partial charge in [0.15, 0.2) is 0 Å². The number of nitrogens with zero attached hydrogens (tertiary/aromatic N) is 3. The Morgan fingerprint density at radius 1 is 0.959 bits per heavy atom. The van der Waals surface area contributed by atoms with Gasteiger partial charge in [-0.25, -0.2) is 4.68 Å². The molecule has 0 bridgehead atoms. The van der Waals surface area contributed by atoms with E-state index in [0.717, 1.165) is 63.5 Å². The van der Waals surface area contributed by atoms with Crippen LogP contribution in [-0.4, -0.2) is 26.7 Å². The Hall–Kier alpha value is -2.97. The average Bonchev–Trinajstić information content (AvgIpc) is 3.53. The normalized spacial score (nSPS) is 39.9. The van der Waals surface area contributed by atoms with Crippen LogP contribution in [0.2, 0.25) is 0 Å². The van der Waals surface area contributed by atoms with Crippen LogP contribution < -0.4 is 0 Å². The van der Waals surface area contributed by atoms with E-state index in [1.54, 1.807) is 6.20 Å². The van der Waals surface area contributed by atoms with Gasteiger partial charge >= 0.3 is 12.1 Å².